The van der Waals surface area contributed by atoms with Crippen LogP contribution < -0.4 is 5.32 Å². The van der Waals surface area contributed by atoms with Crippen molar-refractivity contribution in [1.82, 2.24) is 10.2 Å². The van der Waals surface area contributed by atoms with Gasteiger partial charge in [-0.3, -0.25) is 9.69 Å². The fourth-order valence-electron chi connectivity index (χ4n) is 3.73. The van der Waals surface area contributed by atoms with Crippen LogP contribution in [0.2, 0.25) is 0 Å². The van der Waals surface area contributed by atoms with E-state index in [0.29, 0.717) is 6.54 Å². The number of nitrogens with one attached hydrogen (secondary N) is 1. The molecule has 1 N–H and O–H groups in total. The van der Waals surface area contributed by atoms with Crippen LogP contribution in [0.25, 0.3) is 0 Å². The average molecular weight is 368 g/mol. The Morgan fingerprint density at radius 3 is 2.44 bits per heavy atom. The molecular weight excluding hydrogens is 339 g/mol. The zero-order chi connectivity index (χ0) is 19.2. The number of carbonyl (C=O) groups excluding carboxylic acids is 1. The first kappa shape index (κ1) is 19.6. The Bertz CT molecular complexity index is 751. The normalized spacial score (nSPS) is 16.9. The summed E-state index contributed by atoms with van der Waals surface area (Å²) >= 11 is 0. The standard InChI is InChI=1S/C23H29FN2O/c1-3-22(18-10-8-17(2)9-11-18)25-23(27)19-12-14-26(15-13-19)16-20-6-4-5-7-21(20)24/h4-11,19,22H,3,12-16H2,1-2H3,(H,25,27)/t22-/m1/s1. The summed E-state index contributed by atoms with van der Waals surface area (Å²) < 4.78 is 13.8. The summed E-state index contributed by atoms with van der Waals surface area (Å²) in [6.07, 6.45) is 2.52. The molecule has 4 heteroatoms. The molecule has 2 aromatic carbocycles. The summed E-state index contributed by atoms with van der Waals surface area (Å²) in [6.45, 7) is 6.43. The van der Waals surface area contributed by atoms with E-state index in [1.807, 2.05) is 12.1 Å². The minimum absolute atomic E-state index is 0.0429. The number of rotatable bonds is 6. The van der Waals surface area contributed by atoms with Crippen LogP contribution in [0.3, 0.4) is 0 Å². The highest BCUT2D eigenvalue weighted by atomic mass is 19.1. The smallest absolute Gasteiger partial charge is 0.223 e. The maximum atomic E-state index is 13.8. The second-order valence-corrected chi connectivity index (χ2v) is 7.52. The van der Waals surface area contributed by atoms with Gasteiger partial charge in [0, 0.05) is 18.0 Å². The quantitative estimate of drug-likeness (QED) is 0.807. The van der Waals surface area contributed by atoms with Gasteiger partial charge in [-0.1, -0.05) is 55.0 Å². The molecule has 0 bridgehead atoms. The number of aryl methyl sites for hydroxylation is 1. The monoisotopic (exact) mass is 368 g/mol. The summed E-state index contributed by atoms with van der Waals surface area (Å²) in [7, 11) is 0. The minimum Gasteiger partial charge on any atom is -0.349 e. The van der Waals surface area contributed by atoms with Gasteiger partial charge in [-0.2, -0.15) is 0 Å². The van der Waals surface area contributed by atoms with E-state index in [9.17, 15) is 9.18 Å². The molecule has 1 fully saturated rings. The van der Waals surface area contributed by atoms with Crippen molar-refractivity contribution in [2.75, 3.05) is 13.1 Å². The largest absolute Gasteiger partial charge is 0.349 e. The lowest BCUT2D eigenvalue weighted by molar-refractivity contribution is -0.127. The first-order valence-electron chi connectivity index (χ1n) is 9.89. The third-order valence-corrected chi connectivity index (χ3v) is 5.51. The van der Waals surface area contributed by atoms with E-state index in [-0.39, 0.29) is 23.7 Å². The van der Waals surface area contributed by atoms with Crippen LogP contribution >= 0.6 is 0 Å². The van der Waals surface area contributed by atoms with Gasteiger partial charge in [0.05, 0.1) is 6.04 Å². The molecule has 1 aliphatic heterocycles. The summed E-state index contributed by atoms with van der Waals surface area (Å²) in [5, 5.41) is 3.23. The fourth-order valence-corrected chi connectivity index (χ4v) is 3.73. The second-order valence-electron chi connectivity index (χ2n) is 7.52. The summed E-state index contributed by atoms with van der Waals surface area (Å²) in [5.74, 6) is 0.0376. The molecule has 2 aromatic rings. The van der Waals surface area contributed by atoms with Gasteiger partial charge in [0.2, 0.25) is 5.91 Å². The van der Waals surface area contributed by atoms with E-state index < -0.39 is 0 Å². The molecule has 144 valence electrons. The Balaban J connectivity index is 1.52. The number of likely N-dealkylation sites (tertiary alicyclic amines) is 1. The number of halogens is 1. The maximum Gasteiger partial charge on any atom is 0.223 e. The molecular formula is C23H29FN2O. The van der Waals surface area contributed by atoms with Crippen LogP contribution in [0.1, 0.15) is 48.9 Å². The van der Waals surface area contributed by atoms with Crippen molar-refractivity contribution in [2.45, 2.75) is 45.7 Å². The van der Waals surface area contributed by atoms with Gasteiger partial charge in [-0.25, -0.2) is 4.39 Å². The van der Waals surface area contributed by atoms with Crippen molar-refractivity contribution < 1.29 is 9.18 Å². The molecule has 0 aromatic heterocycles. The lowest BCUT2D eigenvalue weighted by atomic mass is 9.94. The summed E-state index contributed by atoms with van der Waals surface area (Å²) in [5.41, 5.74) is 3.11. The number of hydrogen-bond donors (Lipinski definition) is 1. The van der Waals surface area contributed by atoms with Crippen molar-refractivity contribution >= 4 is 5.91 Å². The van der Waals surface area contributed by atoms with E-state index in [0.717, 1.165) is 43.5 Å². The minimum atomic E-state index is -0.152. The molecule has 0 spiro atoms. The first-order valence-corrected chi connectivity index (χ1v) is 9.89. The second kappa shape index (κ2) is 9.14. The van der Waals surface area contributed by atoms with Crippen molar-refractivity contribution in [3.63, 3.8) is 0 Å². The van der Waals surface area contributed by atoms with Crippen molar-refractivity contribution in [1.29, 1.82) is 0 Å². The topological polar surface area (TPSA) is 32.3 Å². The molecule has 1 saturated heterocycles. The predicted molar refractivity (Wildman–Crippen MR) is 107 cm³/mol. The van der Waals surface area contributed by atoms with Crippen LogP contribution in [0, 0.1) is 18.7 Å². The summed E-state index contributed by atoms with van der Waals surface area (Å²) in [4.78, 5) is 15.0. The van der Waals surface area contributed by atoms with Crippen molar-refractivity contribution in [3.8, 4) is 0 Å². The Morgan fingerprint density at radius 2 is 1.81 bits per heavy atom. The van der Waals surface area contributed by atoms with Crippen LogP contribution in [-0.4, -0.2) is 23.9 Å². The number of piperidine rings is 1. The predicted octanol–water partition coefficient (Wildman–Crippen LogP) is 4.61. The van der Waals surface area contributed by atoms with Gasteiger partial charge in [0.1, 0.15) is 5.82 Å². The van der Waals surface area contributed by atoms with Gasteiger partial charge in [0.15, 0.2) is 0 Å². The Kier molecular flexibility index (Phi) is 6.62. The third kappa shape index (κ3) is 5.16. The zero-order valence-electron chi connectivity index (χ0n) is 16.2. The Morgan fingerprint density at radius 1 is 1.15 bits per heavy atom. The number of hydrogen-bond acceptors (Lipinski definition) is 2. The highest BCUT2D eigenvalue weighted by Gasteiger charge is 2.26. The first-order chi connectivity index (χ1) is 13.1. The molecule has 1 atom stereocenters. The molecule has 1 heterocycles. The van der Waals surface area contributed by atoms with Crippen LogP contribution in [0.4, 0.5) is 4.39 Å². The molecule has 0 aliphatic carbocycles. The lowest BCUT2D eigenvalue weighted by Gasteiger charge is -2.32. The molecule has 27 heavy (non-hydrogen) atoms. The zero-order valence-corrected chi connectivity index (χ0v) is 16.2. The van der Waals surface area contributed by atoms with E-state index in [1.54, 1.807) is 6.07 Å². The van der Waals surface area contributed by atoms with E-state index in [1.165, 1.54) is 11.6 Å². The molecule has 0 radical (unpaired) electrons. The van der Waals surface area contributed by atoms with Gasteiger partial charge in [0.25, 0.3) is 0 Å². The van der Waals surface area contributed by atoms with E-state index >= 15 is 0 Å². The van der Waals surface area contributed by atoms with Crippen molar-refractivity contribution in [2.24, 2.45) is 5.92 Å². The number of carbonyl (C=O) groups is 1. The van der Waals surface area contributed by atoms with Gasteiger partial charge >= 0.3 is 0 Å². The van der Waals surface area contributed by atoms with Crippen molar-refractivity contribution in [3.05, 3.63) is 71.0 Å². The number of amides is 1. The summed E-state index contributed by atoms with van der Waals surface area (Å²) in [6, 6.07) is 15.4. The van der Waals surface area contributed by atoms with Crippen LogP contribution in [-0.2, 0) is 11.3 Å². The number of benzene rings is 2. The van der Waals surface area contributed by atoms with E-state index in [4.69, 9.17) is 0 Å². The maximum absolute atomic E-state index is 13.8. The molecule has 0 unspecified atom stereocenters. The molecule has 3 rings (SSSR count). The van der Waals surface area contributed by atoms with E-state index in [2.05, 4.69) is 48.3 Å². The molecule has 1 aliphatic rings. The highest BCUT2D eigenvalue weighted by molar-refractivity contribution is 5.79. The lowest BCUT2D eigenvalue weighted by Crippen LogP contribution is -2.41. The van der Waals surface area contributed by atoms with Gasteiger partial charge in [-0.15, -0.1) is 0 Å². The highest BCUT2D eigenvalue weighted by Crippen LogP contribution is 2.23. The fraction of sp³-hybridized carbons (Fsp3) is 0.435. The van der Waals surface area contributed by atoms with Crippen LogP contribution in [0.15, 0.2) is 48.5 Å². The molecule has 3 nitrogen and oxygen atoms in total. The molecule has 0 saturated carbocycles. The van der Waals surface area contributed by atoms with Gasteiger partial charge < -0.3 is 5.32 Å². The SMILES string of the molecule is CC[C@@H](NC(=O)C1CCN(Cc2ccccc2F)CC1)c1ccc(C)cc1. The molecule has 1 amide bonds. The third-order valence-electron chi connectivity index (χ3n) is 5.51. The Hall–Kier alpha value is -2.20. The average Bonchev–Trinajstić information content (AvgIpc) is 2.69. The van der Waals surface area contributed by atoms with Crippen LogP contribution in [0.5, 0.6) is 0 Å². The Labute approximate surface area is 161 Å². The number of nitrogens with zero attached hydrogens (tertiary/aromatic N) is 1. The van der Waals surface area contributed by atoms with Gasteiger partial charge in [-0.05, 0) is 50.9 Å².